The van der Waals surface area contributed by atoms with Gasteiger partial charge in [0.25, 0.3) is 5.91 Å². The molecule has 1 amide bonds. The summed E-state index contributed by atoms with van der Waals surface area (Å²) in [5.74, 6) is 0.224. The van der Waals surface area contributed by atoms with E-state index in [0.717, 1.165) is 22.6 Å². The minimum atomic E-state index is -0.693. The number of para-hydroxylation sites is 1. The normalized spacial score (nSPS) is 14.8. The lowest BCUT2D eigenvalue weighted by Crippen LogP contribution is -2.31. The van der Waals surface area contributed by atoms with E-state index in [1.165, 1.54) is 19.2 Å². The van der Waals surface area contributed by atoms with Gasteiger partial charge in [-0.25, -0.2) is 9.80 Å². The van der Waals surface area contributed by atoms with Crippen molar-refractivity contribution in [3.05, 3.63) is 89.5 Å². The first-order chi connectivity index (χ1) is 17.0. The van der Waals surface area contributed by atoms with Crippen molar-refractivity contribution in [3.8, 4) is 17.2 Å². The third-order valence-electron chi connectivity index (χ3n) is 5.72. The molecule has 0 N–H and O–H groups in total. The summed E-state index contributed by atoms with van der Waals surface area (Å²) >= 11 is 0. The zero-order valence-electron chi connectivity index (χ0n) is 19.8. The lowest BCUT2D eigenvalue weighted by atomic mass is 9.98. The number of hydrazone groups is 1. The highest BCUT2D eigenvalue weighted by atomic mass is 16.5. The van der Waals surface area contributed by atoms with E-state index >= 15 is 0 Å². The summed E-state index contributed by atoms with van der Waals surface area (Å²) < 4.78 is 21.1. The van der Waals surface area contributed by atoms with Crippen LogP contribution in [0.2, 0.25) is 0 Å². The van der Waals surface area contributed by atoms with E-state index in [4.69, 9.17) is 18.9 Å². The molecule has 1 aliphatic rings. The van der Waals surface area contributed by atoms with Crippen LogP contribution in [0.3, 0.4) is 0 Å². The molecule has 8 heteroatoms. The number of methoxy groups -OCH3 is 3. The lowest BCUT2D eigenvalue weighted by Gasteiger charge is -2.22. The molecule has 8 nitrogen and oxygen atoms in total. The van der Waals surface area contributed by atoms with Crippen LogP contribution in [0.1, 0.15) is 33.9 Å². The standard InChI is InChI=1S/C27H26N2O6/c1-32-20-14-12-19(13-15-20)23-16-22(18-8-5-4-6-9-18)28-29(23)25(30)17-35-27(31)21-10-7-11-24(33-2)26(21)34-3/h4-15,23H,16-17H2,1-3H3. The quantitative estimate of drug-likeness (QED) is 0.454. The number of benzene rings is 3. The van der Waals surface area contributed by atoms with E-state index in [1.54, 1.807) is 25.3 Å². The van der Waals surface area contributed by atoms with Crippen LogP contribution in [-0.4, -0.2) is 50.5 Å². The molecule has 1 aliphatic heterocycles. The maximum absolute atomic E-state index is 13.2. The second kappa shape index (κ2) is 10.7. The Morgan fingerprint density at radius 2 is 1.63 bits per heavy atom. The van der Waals surface area contributed by atoms with Gasteiger partial charge in [-0.3, -0.25) is 4.79 Å². The highest BCUT2D eigenvalue weighted by Crippen LogP contribution is 2.34. The molecule has 180 valence electrons. The highest BCUT2D eigenvalue weighted by Gasteiger charge is 2.33. The van der Waals surface area contributed by atoms with E-state index in [2.05, 4.69) is 5.10 Å². The number of hydrogen-bond acceptors (Lipinski definition) is 7. The molecule has 0 aromatic heterocycles. The van der Waals surface area contributed by atoms with Crippen molar-refractivity contribution in [2.75, 3.05) is 27.9 Å². The monoisotopic (exact) mass is 474 g/mol. The van der Waals surface area contributed by atoms with Crippen LogP contribution in [0.5, 0.6) is 17.2 Å². The SMILES string of the molecule is COc1ccc(C2CC(c3ccccc3)=NN2C(=O)COC(=O)c2cccc(OC)c2OC)cc1. The number of rotatable bonds is 8. The summed E-state index contributed by atoms with van der Waals surface area (Å²) in [7, 11) is 4.51. The molecular formula is C27H26N2O6. The summed E-state index contributed by atoms with van der Waals surface area (Å²) in [4.78, 5) is 25.9. The number of hydrogen-bond donors (Lipinski definition) is 0. The Kier molecular flexibility index (Phi) is 7.30. The largest absolute Gasteiger partial charge is 0.497 e. The van der Waals surface area contributed by atoms with Crippen LogP contribution in [-0.2, 0) is 9.53 Å². The number of carbonyl (C=O) groups excluding carboxylic acids is 2. The molecule has 1 unspecified atom stereocenters. The first kappa shape index (κ1) is 23.8. The minimum Gasteiger partial charge on any atom is -0.497 e. The maximum atomic E-state index is 13.2. The predicted molar refractivity (Wildman–Crippen MR) is 130 cm³/mol. The van der Waals surface area contributed by atoms with E-state index in [1.807, 2.05) is 54.6 Å². The molecule has 3 aromatic rings. The van der Waals surface area contributed by atoms with Crippen molar-refractivity contribution in [1.29, 1.82) is 0 Å². The van der Waals surface area contributed by atoms with Gasteiger partial charge < -0.3 is 18.9 Å². The molecule has 0 saturated carbocycles. The Hall–Kier alpha value is -4.33. The Labute approximate surface area is 203 Å². The summed E-state index contributed by atoms with van der Waals surface area (Å²) in [5.41, 5.74) is 2.77. The highest BCUT2D eigenvalue weighted by molar-refractivity contribution is 6.03. The molecule has 0 fully saturated rings. The van der Waals surface area contributed by atoms with Gasteiger partial charge >= 0.3 is 5.97 Å². The van der Waals surface area contributed by atoms with Gasteiger partial charge in [0.05, 0.1) is 33.1 Å². The van der Waals surface area contributed by atoms with Crippen LogP contribution in [0.25, 0.3) is 0 Å². The third-order valence-corrected chi connectivity index (χ3v) is 5.72. The summed E-state index contributed by atoms with van der Waals surface area (Å²) in [6, 6.07) is 21.7. The van der Waals surface area contributed by atoms with E-state index in [9.17, 15) is 9.59 Å². The summed E-state index contributed by atoms with van der Waals surface area (Å²) in [6.45, 7) is -0.475. The van der Waals surface area contributed by atoms with Gasteiger partial charge in [-0.1, -0.05) is 48.5 Å². The fourth-order valence-electron chi connectivity index (χ4n) is 3.95. The fourth-order valence-corrected chi connectivity index (χ4v) is 3.95. The van der Waals surface area contributed by atoms with Crippen LogP contribution < -0.4 is 14.2 Å². The first-order valence-electron chi connectivity index (χ1n) is 11.0. The van der Waals surface area contributed by atoms with Crippen LogP contribution in [0.4, 0.5) is 0 Å². The van der Waals surface area contributed by atoms with Crippen LogP contribution >= 0.6 is 0 Å². The first-order valence-corrected chi connectivity index (χ1v) is 11.0. The topological polar surface area (TPSA) is 86.7 Å². The molecule has 4 rings (SSSR count). The molecule has 3 aromatic carbocycles. The zero-order chi connectivity index (χ0) is 24.8. The van der Waals surface area contributed by atoms with Gasteiger partial charge in [-0.2, -0.15) is 5.10 Å². The molecule has 0 aliphatic carbocycles. The molecular weight excluding hydrogens is 448 g/mol. The molecule has 35 heavy (non-hydrogen) atoms. The van der Waals surface area contributed by atoms with Gasteiger partial charge in [0, 0.05) is 6.42 Å². The van der Waals surface area contributed by atoms with Crippen molar-refractivity contribution >= 4 is 17.6 Å². The fraction of sp³-hybridized carbons (Fsp3) is 0.222. The van der Waals surface area contributed by atoms with Crippen molar-refractivity contribution < 1.29 is 28.5 Å². The Morgan fingerprint density at radius 1 is 0.886 bits per heavy atom. The smallest absolute Gasteiger partial charge is 0.342 e. The number of ether oxygens (including phenoxy) is 4. The second-order valence-corrected chi connectivity index (χ2v) is 7.76. The molecule has 1 atom stereocenters. The lowest BCUT2D eigenvalue weighted by molar-refractivity contribution is -0.136. The zero-order valence-corrected chi connectivity index (χ0v) is 19.8. The van der Waals surface area contributed by atoms with Gasteiger partial charge in [0.1, 0.15) is 11.3 Å². The van der Waals surface area contributed by atoms with E-state index in [0.29, 0.717) is 12.2 Å². The number of amides is 1. The summed E-state index contributed by atoms with van der Waals surface area (Å²) in [5, 5.41) is 5.99. The molecule has 0 radical (unpaired) electrons. The average Bonchev–Trinajstić information content (AvgIpc) is 3.37. The molecule has 0 bridgehead atoms. The maximum Gasteiger partial charge on any atom is 0.342 e. The van der Waals surface area contributed by atoms with Crippen molar-refractivity contribution in [2.24, 2.45) is 5.10 Å². The van der Waals surface area contributed by atoms with E-state index < -0.39 is 18.5 Å². The Morgan fingerprint density at radius 3 is 2.29 bits per heavy atom. The van der Waals surface area contributed by atoms with Crippen LogP contribution in [0, 0.1) is 0 Å². The second-order valence-electron chi connectivity index (χ2n) is 7.76. The Balaban J connectivity index is 1.55. The molecule has 0 saturated heterocycles. The predicted octanol–water partition coefficient (Wildman–Crippen LogP) is 4.25. The van der Waals surface area contributed by atoms with Gasteiger partial charge in [-0.05, 0) is 35.4 Å². The molecule has 1 heterocycles. The van der Waals surface area contributed by atoms with E-state index in [-0.39, 0.29) is 17.4 Å². The van der Waals surface area contributed by atoms with Crippen LogP contribution in [0.15, 0.2) is 77.9 Å². The summed E-state index contributed by atoms with van der Waals surface area (Å²) in [6.07, 6.45) is 0.528. The van der Waals surface area contributed by atoms with Crippen molar-refractivity contribution in [1.82, 2.24) is 5.01 Å². The number of esters is 1. The minimum absolute atomic E-state index is 0.168. The number of nitrogens with zero attached hydrogens (tertiary/aromatic N) is 2. The third kappa shape index (κ3) is 5.11. The Bertz CT molecular complexity index is 1220. The van der Waals surface area contributed by atoms with Gasteiger partial charge in [-0.15, -0.1) is 0 Å². The average molecular weight is 475 g/mol. The van der Waals surface area contributed by atoms with Crippen molar-refractivity contribution in [2.45, 2.75) is 12.5 Å². The van der Waals surface area contributed by atoms with Gasteiger partial charge in [0.15, 0.2) is 18.1 Å². The number of carbonyl (C=O) groups is 2. The van der Waals surface area contributed by atoms with Crippen molar-refractivity contribution in [3.63, 3.8) is 0 Å². The molecule has 0 spiro atoms. The van der Waals surface area contributed by atoms with Gasteiger partial charge in [0.2, 0.25) is 0 Å².